The lowest BCUT2D eigenvalue weighted by atomic mass is 10.0. The van der Waals surface area contributed by atoms with Gasteiger partial charge in [-0.05, 0) is 23.8 Å². The molecule has 0 amide bonds. The van der Waals surface area contributed by atoms with Crippen LogP contribution in [-0.2, 0) is 11.3 Å². The SMILES string of the molecule is N#Cc1ccc2c(CN3CCOCC3)cc(-c3ccc(C(=N)N)cc3)nc2c1. The molecule has 0 spiro atoms. The monoisotopic (exact) mass is 371 g/mol. The van der Waals surface area contributed by atoms with Crippen LogP contribution in [0.1, 0.15) is 16.7 Å². The molecule has 1 aliphatic rings. The van der Waals surface area contributed by atoms with E-state index >= 15 is 0 Å². The van der Waals surface area contributed by atoms with Crippen LogP contribution in [0.3, 0.4) is 0 Å². The van der Waals surface area contributed by atoms with Crippen molar-refractivity contribution in [2.45, 2.75) is 6.54 Å². The van der Waals surface area contributed by atoms with Crippen LogP contribution in [0.25, 0.3) is 22.2 Å². The molecule has 140 valence electrons. The summed E-state index contributed by atoms with van der Waals surface area (Å²) in [4.78, 5) is 7.18. The van der Waals surface area contributed by atoms with Crippen molar-refractivity contribution in [1.29, 1.82) is 10.7 Å². The molecule has 2 aromatic carbocycles. The smallest absolute Gasteiger partial charge is 0.122 e. The highest BCUT2D eigenvalue weighted by Crippen LogP contribution is 2.27. The Kier molecular flexibility index (Phi) is 5.02. The van der Waals surface area contributed by atoms with Crippen molar-refractivity contribution >= 4 is 16.7 Å². The predicted octanol–water partition coefficient (Wildman–Crippen LogP) is 2.89. The van der Waals surface area contributed by atoms with Crippen LogP contribution in [0.15, 0.2) is 48.5 Å². The van der Waals surface area contributed by atoms with Crippen molar-refractivity contribution in [3.05, 3.63) is 65.2 Å². The van der Waals surface area contributed by atoms with Crippen molar-refractivity contribution in [3.8, 4) is 17.3 Å². The number of rotatable bonds is 4. The quantitative estimate of drug-likeness (QED) is 0.543. The van der Waals surface area contributed by atoms with Gasteiger partial charge in [-0.3, -0.25) is 10.3 Å². The minimum atomic E-state index is 0.0460. The van der Waals surface area contributed by atoms with Crippen LogP contribution in [0.5, 0.6) is 0 Å². The van der Waals surface area contributed by atoms with E-state index < -0.39 is 0 Å². The van der Waals surface area contributed by atoms with Crippen LogP contribution in [0.4, 0.5) is 0 Å². The Hall–Kier alpha value is -3.27. The fraction of sp³-hybridized carbons (Fsp3) is 0.227. The molecular weight excluding hydrogens is 350 g/mol. The maximum Gasteiger partial charge on any atom is 0.122 e. The zero-order chi connectivity index (χ0) is 19.5. The van der Waals surface area contributed by atoms with Crippen molar-refractivity contribution < 1.29 is 4.74 Å². The van der Waals surface area contributed by atoms with Gasteiger partial charge in [-0.15, -0.1) is 0 Å². The Morgan fingerprint density at radius 3 is 2.57 bits per heavy atom. The normalized spacial score (nSPS) is 14.7. The van der Waals surface area contributed by atoms with E-state index in [0.29, 0.717) is 11.1 Å². The Labute approximate surface area is 163 Å². The number of ether oxygens (including phenoxy) is 1. The lowest BCUT2D eigenvalue weighted by Gasteiger charge is -2.27. The Bertz CT molecular complexity index is 1060. The molecule has 0 aliphatic carbocycles. The van der Waals surface area contributed by atoms with Gasteiger partial charge in [0.2, 0.25) is 0 Å². The van der Waals surface area contributed by atoms with E-state index in [1.165, 1.54) is 5.56 Å². The number of nitrogens with zero attached hydrogens (tertiary/aromatic N) is 3. The molecule has 0 atom stereocenters. The van der Waals surface area contributed by atoms with Gasteiger partial charge in [0.05, 0.1) is 36.1 Å². The molecule has 1 aromatic heterocycles. The number of fused-ring (bicyclic) bond motifs is 1. The number of nitrogen functional groups attached to an aromatic ring is 1. The predicted molar refractivity (Wildman–Crippen MR) is 109 cm³/mol. The molecule has 6 nitrogen and oxygen atoms in total. The number of nitriles is 1. The minimum absolute atomic E-state index is 0.0460. The van der Waals surface area contributed by atoms with Gasteiger partial charge in [-0.2, -0.15) is 5.26 Å². The maximum absolute atomic E-state index is 9.26. The first-order valence-electron chi connectivity index (χ1n) is 9.23. The van der Waals surface area contributed by atoms with Crippen LogP contribution in [-0.4, -0.2) is 42.0 Å². The third kappa shape index (κ3) is 3.72. The van der Waals surface area contributed by atoms with Gasteiger partial charge in [-0.1, -0.05) is 30.3 Å². The second-order valence-corrected chi connectivity index (χ2v) is 6.89. The largest absolute Gasteiger partial charge is 0.384 e. The number of nitrogens with two attached hydrogens (primary N) is 1. The fourth-order valence-electron chi connectivity index (χ4n) is 3.47. The van der Waals surface area contributed by atoms with E-state index in [4.69, 9.17) is 20.9 Å². The topological polar surface area (TPSA) is 99.0 Å². The second-order valence-electron chi connectivity index (χ2n) is 6.89. The van der Waals surface area contributed by atoms with Gasteiger partial charge in [0.1, 0.15) is 5.84 Å². The van der Waals surface area contributed by atoms with Crippen LogP contribution < -0.4 is 5.73 Å². The van der Waals surface area contributed by atoms with E-state index in [1.807, 2.05) is 42.5 Å². The Morgan fingerprint density at radius 1 is 1.14 bits per heavy atom. The molecule has 3 N–H and O–H groups in total. The van der Waals surface area contributed by atoms with E-state index in [1.54, 1.807) is 0 Å². The van der Waals surface area contributed by atoms with E-state index in [-0.39, 0.29) is 5.84 Å². The summed E-state index contributed by atoms with van der Waals surface area (Å²) in [7, 11) is 0. The van der Waals surface area contributed by atoms with Crippen molar-refractivity contribution in [2.24, 2.45) is 5.73 Å². The molecule has 2 heterocycles. The van der Waals surface area contributed by atoms with Crippen molar-refractivity contribution in [3.63, 3.8) is 0 Å². The maximum atomic E-state index is 9.26. The summed E-state index contributed by atoms with van der Waals surface area (Å²) in [5.41, 5.74) is 10.6. The number of nitrogens with one attached hydrogen (secondary N) is 1. The first kappa shape index (κ1) is 18.1. The van der Waals surface area contributed by atoms with Crippen molar-refractivity contribution in [1.82, 2.24) is 9.88 Å². The van der Waals surface area contributed by atoms with E-state index in [2.05, 4.69) is 17.0 Å². The summed E-state index contributed by atoms with van der Waals surface area (Å²) in [6.07, 6.45) is 0. The van der Waals surface area contributed by atoms with Crippen LogP contribution in [0.2, 0.25) is 0 Å². The highest BCUT2D eigenvalue weighted by molar-refractivity contribution is 5.95. The lowest BCUT2D eigenvalue weighted by molar-refractivity contribution is 0.0344. The molecule has 4 rings (SSSR count). The number of pyridine rings is 1. The first-order valence-corrected chi connectivity index (χ1v) is 9.23. The molecule has 1 aliphatic heterocycles. The third-order valence-electron chi connectivity index (χ3n) is 5.01. The van der Waals surface area contributed by atoms with Crippen molar-refractivity contribution in [2.75, 3.05) is 26.3 Å². The van der Waals surface area contributed by atoms with Gasteiger partial charge in [-0.25, -0.2) is 4.98 Å². The average Bonchev–Trinajstić information content (AvgIpc) is 2.74. The molecule has 0 saturated carbocycles. The molecule has 0 bridgehead atoms. The molecule has 0 radical (unpaired) electrons. The molecule has 6 heteroatoms. The summed E-state index contributed by atoms with van der Waals surface area (Å²) >= 11 is 0. The number of amidine groups is 1. The zero-order valence-electron chi connectivity index (χ0n) is 15.5. The lowest BCUT2D eigenvalue weighted by Crippen LogP contribution is -2.35. The number of hydrogen-bond donors (Lipinski definition) is 2. The fourth-order valence-corrected chi connectivity index (χ4v) is 3.47. The summed E-state index contributed by atoms with van der Waals surface area (Å²) < 4.78 is 5.46. The average molecular weight is 371 g/mol. The molecule has 1 saturated heterocycles. The van der Waals surface area contributed by atoms with Crippen LogP contribution >= 0.6 is 0 Å². The van der Waals surface area contributed by atoms with Gasteiger partial charge < -0.3 is 10.5 Å². The second kappa shape index (κ2) is 7.77. The zero-order valence-corrected chi connectivity index (χ0v) is 15.5. The highest BCUT2D eigenvalue weighted by Gasteiger charge is 2.15. The van der Waals surface area contributed by atoms with Crippen LogP contribution in [0, 0.1) is 16.7 Å². The number of hydrogen-bond acceptors (Lipinski definition) is 5. The summed E-state index contributed by atoms with van der Waals surface area (Å²) in [5, 5.41) is 17.9. The number of morpholine rings is 1. The molecule has 0 unspecified atom stereocenters. The Morgan fingerprint density at radius 2 is 1.89 bits per heavy atom. The third-order valence-corrected chi connectivity index (χ3v) is 5.01. The summed E-state index contributed by atoms with van der Waals surface area (Å²) in [6, 6.07) is 17.5. The number of aromatic nitrogens is 1. The Balaban J connectivity index is 1.79. The molecular formula is C22H21N5O. The minimum Gasteiger partial charge on any atom is -0.384 e. The van der Waals surface area contributed by atoms with Gasteiger partial charge in [0.25, 0.3) is 0 Å². The first-order chi connectivity index (χ1) is 13.6. The molecule has 3 aromatic rings. The van der Waals surface area contributed by atoms with Gasteiger partial charge in [0.15, 0.2) is 0 Å². The molecule has 28 heavy (non-hydrogen) atoms. The van der Waals surface area contributed by atoms with E-state index in [9.17, 15) is 5.26 Å². The highest BCUT2D eigenvalue weighted by atomic mass is 16.5. The summed E-state index contributed by atoms with van der Waals surface area (Å²) in [5.74, 6) is 0.0460. The van der Waals surface area contributed by atoms with Gasteiger partial charge in [0, 0.05) is 36.1 Å². The molecule has 1 fully saturated rings. The van der Waals surface area contributed by atoms with E-state index in [0.717, 1.165) is 55.0 Å². The van der Waals surface area contributed by atoms with Gasteiger partial charge >= 0.3 is 0 Å². The standard InChI is InChI=1S/C22H21N5O/c23-13-15-1-6-19-18(14-27-7-9-28-10-8-27)12-20(26-21(19)11-15)16-2-4-17(5-3-16)22(24)25/h1-6,11-12H,7-10,14H2,(H3,24,25). The summed E-state index contributed by atoms with van der Waals surface area (Å²) in [6.45, 7) is 4.13. The number of benzene rings is 2.